The van der Waals surface area contributed by atoms with E-state index in [1.54, 1.807) is 0 Å². The van der Waals surface area contributed by atoms with Crippen LogP contribution in [0.1, 0.15) is 0 Å². The summed E-state index contributed by atoms with van der Waals surface area (Å²) in [5, 5.41) is 0. The van der Waals surface area contributed by atoms with Gasteiger partial charge < -0.3 is 18.7 Å². The second-order valence-corrected chi connectivity index (χ2v) is 2.20. The maximum absolute atomic E-state index is 12.3. The Kier molecular flexibility index (Phi) is 4.88. The Morgan fingerprint density at radius 3 is 2.23 bits per heavy atom. The molecule has 1 aromatic rings. The molecular formula is C5H4BF4KN2. The van der Waals surface area contributed by atoms with Gasteiger partial charge in [-0.2, -0.15) is 0 Å². The number of anilines is 1. The second-order valence-electron chi connectivity index (χ2n) is 2.20. The van der Waals surface area contributed by atoms with E-state index in [4.69, 9.17) is 5.73 Å². The summed E-state index contributed by atoms with van der Waals surface area (Å²) in [4.78, 5) is 3.04. The van der Waals surface area contributed by atoms with Gasteiger partial charge in [0.05, 0.1) is 12.0 Å². The van der Waals surface area contributed by atoms with Gasteiger partial charge in [-0.05, 0) is 6.07 Å². The van der Waals surface area contributed by atoms with E-state index in [9.17, 15) is 17.3 Å². The molecular weight excluding hydrogens is 214 g/mol. The zero-order valence-corrected chi connectivity index (χ0v) is 9.89. The maximum atomic E-state index is 12.3. The average Bonchev–Trinajstić information content (AvgIpc) is 1.92. The molecule has 0 aromatic carbocycles. The molecule has 0 atom stereocenters. The first-order chi connectivity index (χ1) is 5.41. The normalized spacial score (nSPS) is 10.8. The van der Waals surface area contributed by atoms with Gasteiger partial charge in [0.2, 0.25) is 0 Å². The van der Waals surface area contributed by atoms with Crippen molar-refractivity contribution in [1.82, 2.24) is 4.98 Å². The smallest absolute Gasteiger partial charge is 0.445 e. The molecule has 0 fully saturated rings. The molecule has 8 heteroatoms. The molecule has 0 saturated heterocycles. The van der Waals surface area contributed by atoms with Crippen LogP contribution in [0.25, 0.3) is 0 Å². The fraction of sp³-hybridized carbons (Fsp3) is 0. The molecule has 0 aliphatic rings. The number of hydrogen-bond acceptors (Lipinski definition) is 2. The van der Waals surface area contributed by atoms with Crippen LogP contribution < -0.4 is 62.6 Å². The van der Waals surface area contributed by atoms with Gasteiger partial charge in [0.1, 0.15) is 5.82 Å². The predicted molar refractivity (Wildman–Crippen MR) is 37.3 cm³/mol. The summed E-state index contributed by atoms with van der Waals surface area (Å²) in [5.74, 6) is -1.73. The van der Waals surface area contributed by atoms with Crippen LogP contribution in [0.4, 0.5) is 23.2 Å². The minimum Gasteiger partial charge on any atom is -0.445 e. The van der Waals surface area contributed by atoms with Gasteiger partial charge in [-0.1, -0.05) is 5.46 Å². The van der Waals surface area contributed by atoms with Gasteiger partial charge in [0.25, 0.3) is 0 Å². The van der Waals surface area contributed by atoms with E-state index in [1.165, 1.54) is 0 Å². The van der Waals surface area contributed by atoms with Crippen LogP contribution in [0.15, 0.2) is 12.3 Å². The van der Waals surface area contributed by atoms with Crippen molar-refractivity contribution in [2.45, 2.75) is 0 Å². The fourth-order valence-electron chi connectivity index (χ4n) is 0.728. The molecule has 0 aliphatic heterocycles. The quantitative estimate of drug-likeness (QED) is 0.431. The zero-order valence-electron chi connectivity index (χ0n) is 6.77. The molecule has 0 unspecified atom stereocenters. The number of pyridine rings is 1. The third kappa shape index (κ3) is 3.55. The summed E-state index contributed by atoms with van der Waals surface area (Å²) >= 11 is 0. The largest absolute Gasteiger partial charge is 1.00 e. The van der Waals surface area contributed by atoms with Gasteiger partial charge in [-0.25, -0.2) is 9.37 Å². The summed E-state index contributed by atoms with van der Waals surface area (Å²) in [6.07, 6.45) is 0.640. The van der Waals surface area contributed by atoms with Crippen molar-refractivity contribution in [2.75, 3.05) is 5.73 Å². The standard InChI is InChI=1S/C5H4BF4N2.K/c7-3-1-4(6(8,9)10)5(11)12-2-3;/h1-2H,(H2,11,12);/q-1;+1. The number of nitrogens with zero attached hydrogens (tertiary/aromatic N) is 1. The topological polar surface area (TPSA) is 38.9 Å². The summed E-state index contributed by atoms with van der Waals surface area (Å²) in [5.41, 5.74) is 3.71. The van der Waals surface area contributed by atoms with Gasteiger partial charge >= 0.3 is 58.4 Å². The number of nitrogen functional groups attached to an aromatic ring is 1. The average molecular weight is 218 g/mol. The molecule has 0 spiro atoms. The van der Waals surface area contributed by atoms with Crippen molar-refractivity contribution in [3.63, 3.8) is 0 Å². The van der Waals surface area contributed by atoms with E-state index in [0.717, 1.165) is 0 Å². The van der Waals surface area contributed by atoms with Gasteiger partial charge in [-0.15, -0.1) is 0 Å². The van der Waals surface area contributed by atoms with Crippen LogP contribution in [0.3, 0.4) is 0 Å². The van der Waals surface area contributed by atoms with Crippen molar-refractivity contribution in [3.8, 4) is 0 Å². The van der Waals surface area contributed by atoms with Crippen LogP contribution >= 0.6 is 0 Å². The van der Waals surface area contributed by atoms with Gasteiger partial charge in [-0.3, -0.25) is 0 Å². The molecule has 0 amide bonds. The van der Waals surface area contributed by atoms with Crippen LogP contribution in [-0.2, 0) is 0 Å². The van der Waals surface area contributed by atoms with E-state index in [1.807, 2.05) is 0 Å². The third-order valence-corrected chi connectivity index (χ3v) is 1.27. The van der Waals surface area contributed by atoms with E-state index >= 15 is 0 Å². The minimum atomic E-state index is -5.28. The summed E-state index contributed by atoms with van der Waals surface area (Å²) in [6, 6.07) is 0.336. The Labute approximate surface area is 114 Å². The van der Waals surface area contributed by atoms with Crippen molar-refractivity contribution in [1.29, 1.82) is 0 Å². The maximum Gasteiger partial charge on any atom is 1.00 e. The van der Waals surface area contributed by atoms with Crippen molar-refractivity contribution in [3.05, 3.63) is 18.1 Å². The number of aromatic nitrogens is 1. The second kappa shape index (κ2) is 4.74. The molecule has 2 N–H and O–H groups in total. The van der Waals surface area contributed by atoms with Gasteiger partial charge in [0.15, 0.2) is 0 Å². The van der Waals surface area contributed by atoms with E-state index < -0.39 is 24.1 Å². The number of hydrogen-bond donors (Lipinski definition) is 1. The van der Waals surface area contributed by atoms with Gasteiger partial charge in [0, 0.05) is 0 Å². The molecule has 2 nitrogen and oxygen atoms in total. The molecule has 1 aromatic heterocycles. The molecule has 0 saturated carbocycles. The first kappa shape index (κ1) is 13.4. The number of rotatable bonds is 1. The van der Waals surface area contributed by atoms with E-state index in [0.29, 0.717) is 12.3 Å². The molecule has 0 radical (unpaired) electrons. The Morgan fingerprint density at radius 1 is 1.31 bits per heavy atom. The SMILES string of the molecule is Nc1ncc(F)cc1[B-](F)(F)F.[K+]. The molecule has 66 valence electrons. The van der Waals surface area contributed by atoms with Crippen LogP contribution in [0.5, 0.6) is 0 Å². The Hall–Kier alpha value is 0.371. The monoisotopic (exact) mass is 218 g/mol. The van der Waals surface area contributed by atoms with Crippen LogP contribution in [0, 0.1) is 5.82 Å². The Morgan fingerprint density at radius 2 is 1.85 bits per heavy atom. The zero-order chi connectivity index (χ0) is 9.35. The van der Waals surface area contributed by atoms with E-state index in [2.05, 4.69) is 4.98 Å². The Bertz CT molecular complexity index is 303. The van der Waals surface area contributed by atoms with Crippen molar-refractivity contribution >= 4 is 18.3 Å². The Balaban J connectivity index is 0.00000144. The van der Waals surface area contributed by atoms with Crippen LogP contribution in [-0.4, -0.2) is 12.0 Å². The molecule has 13 heavy (non-hydrogen) atoms. The van der Waals surface area contributed by atoms with E-state index in [-0.39, 0.29) is 51.4 Å². The first-order valence-electron chi connectivity index (χ1n) is 3.02. The molecule has 0 aliphatic carbocycles. The number of nitrogens with two attached hydrogens (primary N) is 1. The molecule has 1 rings (SSSR count). The fourth-order valence-corrected chi connectivity index (χ4v) is 0.728. The molecule has 1 heterocycles. The van der Waals surface area contributed by atoms with Crippen LogP contribution in [0.2, 0.25) is 0 Å². The van der Waals surface area contributed by atoms with Crippen molar-refractivity contribution in [2.24, 2.45) is 0 Å². The summed E-state index contributed by atoms with van der Waals surface area (Å²) in [6.45, 7) is -5.28. The van der Waals surface area contributed by atoms with Crippen molar-refractivity contribution < 1.29 is 68.7 Å². The number of halogens is 4. The first-order valence-corrected chi connectivity index (χ1v) is 3.02. The minimum absolute atomic E-state index is 0. The third-order valence-electron chi connectivity index (χ3n) is 1.27. The summed E-state index contributed by atoms with van der Waals surface area (Å²) < 4.78 is 48.3. The predicted octanol–water partition coefficient (Wildman–Crippen LogP) is -2.14. The summed E-state index contributed by atoms with van der Waals surface area (Å²) in [7, 11) is 0. The molecule has 0 bridgehead atoms.